The number of allylic oxidation sites excluding steroid dienone is 2. The minimum atomic E-state index is -1.21. The highest BCUT2D eigenvalue weighted by Crippen LogP contribution is 2.59. The molecule has 10 heteroatoms. The van der Waals surface area contributed by atoms with Gasteiger partial charge >= 0.3 is 5.97 Å². The van der Waals surface area contributed by atoms with Gasteiger partial charge in [-0.2, -0.15) is 0 Å². The number of fused-ring (bicyclic) bond motifs is 6. The van der Waals surface area contributed by atoms with Gasteiger partial charge in [0.1, 0.15) is 6.10 Å². The fourth-order valence-electron chi connectivity index (χ4n) is 5.59. The predicted octanol–water partition coefficient (Wildman–Crippen LogP) is 1.54. The second-order valence-electron chi connectivity index (χ2n) is 8.42. The van der Waals surface area contributed by atoms with Gasteiger partial charge in [-0.25, -0.2) is 0 Å². The van der Waals surface area contributed by atoms with E-state index in [-0.39, 0.29) is 18.2 Å². The molecular weight excluding hydrogens is 452 g/mol. The number of nitrogens with zero attached hydrogens (tertiary/aromatic N) is 2. The molecule has 0 spiro atoms. The molecule has 0 aromatic rings. The van der Waals surface area contributed by atoms with Crippen LogP contribution < -0.4 is 0 Å². The summed E-state index contributed by atoms with van der Waals surface area (Å²) in [6, 6.07) is -1.22. The topological polar surface area (TPSA) is 96.4 Å². The summed E-state index contributed by atoms with van der Waals surface area (Å²) in [4.78, 5) is 41.2. The number of piperazine rings is 1. The van der Waals surface area contributed by atoms with Gasteiger partial charge in [0, 0.05) is 19.8 Å². The van der Waals surface area contributed by atoms with Crippen LogP contribution in [0.5, 0.6) is 0 Å². The van der Waals surface area contributed by atoms with Gasteiger partial charge in [-0.3, -0.25) is 14.4 Å². The van der Waals surface area contributed by atoms with E-state index >= 15 is 0 Å². The van der Waals surface area contributed by atoms with Crippen molar-refractivity contribution in [3.63, 3.8) is 0 Å². The van der Waals surface area contributed by atoms with Crippen LogP contribution in [0, 0.1) is 0 Å². The number of hydrogen-bond donors (Lipinski definition) is 1. The zero-order chi connectivity index (χ0) is 22.8. The summed E-state index contributed by atoms with van der Waals surface area (Å²) in [6.45, 7) is 1.34. The van der Waals surface area contributed by atoms with E-state index in [1.165, 1.54) is 49.0 Å². The Morgan fingerprint density at radius 1 is 1.09 bits per heavy atom. The van der Waals surface area contributed by atoms with Crippen molar-refractivity contribution in [3.8, 4) is 0 Å². The smallest absolute Gasteiger partial charge is 0.303 e. The van der Waals surface area contributed by atoms with Crippen molar-refractivity contribution in [1.82, 2.24) is 9.80 Å². The number of esters is 1. The van der Waals surface area contributed by atoms with Crippen LogP contribution in [0.15, 0.2) is 48.0 Å². The summed E-state index contributed by atoms with van der Waals surface area (Å²) in [6.07, 6.45) is 12.4. The summed E-state index contributed by atoms with van der Waals surface area (Å²) in [5, 5.41) is 10.8. The molecule has 3 saturated heterocycles. The SMILES string of the molecule is CS[C@@]12CC3=CC=C[C@H](OC(C)=O)[C@H]3N1C(=O)[C@]1(SC)CC3=COC=C[C@H](O)[C@H]3N1C2=O. The van der Waals surface area contributed by atoms with Crippen molar-refractivity contribution in [1.29, 1.82) is 0 Å². The Morgan fingerprint density at radius 2 is 1.72 bits per heavy atom. The summed E-state index contributed by atoms with van der Waals surface area (Å²) in [5.41, 5.74) is 1.58. The first kappa shape index (κ1) is 21.7. The number of carbonyl (C=O) groups is 3. The molecule has 0 aromatic carbocycles. The molecule has 5 rings (SSSR count). The van der Waals surface area contributed by atoms with Gasteiger partial charge in [0.15, 0.2) is 9.74 Å². The molecule has 3 fully saturated rings. The third kappa shape index (κ3) is 2.66. The van der Waals surface area contributed by atoms with Gasteiger partial charge in [0.05, 0.1) is 30.7 Å². The number of carbonyl (C=O) groups excluding carboxylic acids is 3. The third-order valence-corrected chi connectivity index (χ3v) is 9.27. The first-order chi connectivity index (χ1) is 15.3. The van der Waals surface area contributed by atoms with Crippen LogP contribution in [0.3, 0.4) is 0 Å². The van der Waals surface area contributed by atoms with Crippen molar-refractivity contribution in [2.24, 2.45) is 0 Å². The van der Waals surface area contributed by atoms with Crippen molar-refractivity contribution in [3.05, 3.63) is 48.0 Å². The Labute approximate surface area is 194 Å². The highest BCUT2D eigenvalue weighted by atomic mass is 32.2. The van der Waals surface area contributed by atoms with Crippen LogP contribution in [-0.4, -0.2) is 79.2 Å². The van der Waals surface area contributed by atoms with E-state index in [1.54, 1.807) is 22.1 Å². The summed E-state index contributed by atoms with van der Waals surface area (Å²) in [7, 11) is 0. The number of rotatable bonds is 3. The largest absolute Gasteiger partial charge is 0.473 e. The fraction of sp³-hybridized carbons (Fsp3) is 0.500. The molecule has 0 aromatic heterocycles. The number of hydrogen-bond acceptors (Lipinski definition) is 8. The molecule has 1 aliphatic carbocycles. The highest BCUT2D eigenvalue weighted by Gasteiger charge is 2.72. The van der Waals surface area contributed by atoms with Gasteiger partial charge in [-0.1, -0.05) is 12.2 Å². The van der Waals surface area contributed by atoms with Gasteiger partial charge in [-0.15, -0.1) is 23.5 Å². The third-order valence-electron chi connectivity index (χ3n) is 6.88. The van der Waals surface area contributed by atoms with Gasteiger partial charge in [0.2, 0.25) is 0 Å². The van der Waals surface area contributed by atoms with Crippen molar-refractivity contribution in [2.45, 2.75) is 53.8 Å². The molecule has 170 valence electrons. The lowest BCUT2D eigenvalue weighted by molar-refractivity contribution is -0.169. The number of aliphatic hydroxyl groups excluding tert-OH is 1. The van der Waals surface area contributed by atoms with Crippen LogP contribution in [0.25, 0.3) is 0 Å². The number of ether oxygens (including phenoxy) is 2. The molecule has 0 bridgehead atoms. The highest BCUT2D eigenvalue weighted by molar-refractivity contribution is 8.01. The van der Waals surface area contributed by atoms with E-state index in [1.807, 2.05) is 18.4 Å². The molecule has 6 atom stereocenters. The molecule has 32 heavy (non-hydrogen) atoms. The maximum Gasteiger partial charge on any atom is 0.303 e. The lowest BCUT2D eigenvalue weighted by atomic mass is 9.96. The lowest BCUT2D eigenvalue weighted by Gasteiger charge is -2.54. The van der Waals surface area contributed by atoms with Crippen LogP contribution in [0.1, 0.15) is 19.8 Å². The Morgan fingerprint density at radius 3 is 2.34 bits per heavy atom. The summed E-state index contributed by atoms with van der Waals surface area (Å²) >= 11 is 2.60. The second-order valence-corrected chi connectivity index (χ2v) is 10.6. The maximum atomic E-state index is 14.3. The fourth-order valence-corrected chi connectivity index (χ4v) is 7.54. The quantitative estimate of drug-likeness (QED) is 0.613. The molecule has 8 nitrogen and oxygen atoms in total. The predicted molar refractivity (Wildman–Crippen MR) is 120 cm³/mol. The molecule has 0 unspecified atom stereocenters. The molecule has 0 radical (unpaired) electrons. The van der Waals surface area contributed by atoms with E-state index in [4.69, 9.17) is 9.47 Å². The van der Waals surface area contributed by atoms with Crippen molar-refractivity contribution >= 4 is 41.3 Å². The number of amides is 2. The van der Waals surface area contributed by atoms with Gasteiger partial charge in [0.25, 0.3) is 11.8 Å². The van der Waals surface area contributed by atoms with Gasteiger partial charge < -0.3 is 24.4 Å². The van der Waals surface area contributed by atoms with E-state index in [2.05, 4.69) is 0 Å². The average Bonchev–Trinajstić information content (AvgIpc) is 3.24. The molecule has 1 N–H and O–H groups in total. The van der Waals surface area contributed by atoms with Crippen molar-refractivity contribution < 1.29 is 29.0 Å². The second kappa shape index (κ2) is 7.43. The van der Waals surface area contributed by atoms with Gasteiger partial charge in [-0.05, 0) is 35.8 Å². The molecule has 4 aliphatic heterocycles. The molecule has 4 heterocycles. The normalized spacial score (nSPS) is 39.4. The average molecular weight is 477 g/mol. The minimum absolute atomic E-state index is 0.218. The first-order valence-corrected chi connectivity index (χ1v) is 12.8. The maximum absolute atomic E-state index is 14.3. The Bertz CT molecular complexity index is 1020. The first-order valence-electron chi connectivity index (χ1n) is 10.3. The minimum Gasteiger partial charge on any atom is -0.473 e. The molecule has 2 amide bonds. The van der Waals surface area contributed by atoms with E-state index < -0.39 is 40.0 Å². The van der Waals surface area contributed by atoms with Crippen LogP contribution in [0.2, 0.25) is 0 Å². The van der Waals surface area contributed by atoms with Crippen LogP contribution >= 0.6 is 23.5 Å². The van der Waals surface area contributed by atoms with E-state index in [9.17, 15) is 19.5 Å². The zero-order valence-corrected chi connectivity index (χ0v) is 19.5. The Balaban J connectivity index is 1.67. The zero-order valence-electron chi connectivity index (χ0n) is 17.9. The Hall–Kier alpha value is -2.17. The van der Waals surface area contributed by atoms with Crippen LogP contribution in [-0.2, 0) is 23.9 Å². The lowest BCUT2D eigenvalue weighted by Crippen LogP contribution is -2.74. The standard InChI is InChI=1S/C22H24N2O6S2/c1-12(25)30-16-6-4-5-13-9-21(31-2)19(27)23-17-14(11-29-8-7-15(17)26)10-22(23,32-3)20(28)24(21)18(13)16/h4-8,11,15-18,26H,9-10H2,1-3H3/t15-,16-,17-,18-,21+,22+/m0/s1. The molecule has 5 aliphatic rings. The van der Waals surface area contributed by atoms with E-state index in [0.29, 0.717) is 12.0 Å². The molecular formula is C22H24N2O6S2. The van der Waals surface area contributed by atoms with Crippen LogP contribution in [0.4, 0.5) is 0 Å². The monoisotopic (exact) mass is 476 g/mol. The van der Waals surface area contributed by atoms with E-state index in [0.717, 1.165) is 5.57 Å². The Kier molecular flexibility index (Phi) is 5.03. The van der Waals surface area contributed by atoms with Crippen molar-refractivity contribution in [2.75, 3.05) is 12.5 Å². The number of thioether (sulfide) groups is 2. The molecule has 0 saturated carbocycles. The number of aliphatic hydroxyl groups is 1. The summed E-state index contributed by atoms with van der Waals surface area (Å²) < 4.78 is 10.9. The summed E-state index contributed by atoms with van der Waals surface area (Å²) in [5.74, 6) is -0.886.